The zero-order chi connectivity index (χ0) is 39.5. The molecule has 3 aliphatic heterocycles. The summed E-state index contributed by atoms with van der Waals surface area (Å²) in [4.78, 5) is 61.0. The van der Waals surface area contributed by atoms with Crippen LogP contribution in [0.4, 0.5) is 4.79 Å². The van der Waals surface area contributed by atoms with Gasteiger partial charge in [0.1, 0.15) is 30.2 Å². The topological polar surface area (TPSA) is 163 Å². The molecule has 12 atom stereocenters. The lowest BCUT2D eigenvalue weighted by atomic mass is 9.74. The SMILES string of the molecule is CC[C@H]1OC(=O)CC(=O)[C@H](C)[C@@H](O[C@@H]2O[C@H](C)C[C@H](N(C)C)[C@H]2O)[C@@](C)(OC/C=C/c2cnc3ccccc3c2)C[C@@H](C)C(=O)[C@H](C)[C@H]2NC(=O)O[C@@]21C. The Kier molecular flexibility index (Phi) is 13.0. The summed E-state index contributed by atoms with van der Waals surface area (Å²) in [7, 11) is 3.74. The highest BCUT2D eigenvalue weighted by atomic mass is 16.7. The number of aliphatic hydroxyl groups is 1. The van der Waals surface area contributed by atoms with E-state index in [9.17, 15) is 24.3 Å². The summed E-state index contributed by atoms with van der Waals surface area (Å²) in [6, 6.07) is 8.71. The number of cyclic esters (lactones) is 1. The number of rotatable bonds is 8. The molecular weight excluding hydrogens is 694 g/mol. The molecule has 0 radical (unpaired) electrons. The molecule has 13 heteroatoms. The highest BCUT2D eigenvalue weighted by Gasteiger charge is 2.57. The molecule has 0 bridgehead atoms. The van der Waals surface area contributed by atoms with Gasteiger partial charge in [-0.15, -0.1) is 0 Å². The molecule has 0 spiro atoms. The Hall–Kier alpha value is -3.75. The number of likely N-dealkylation sites (N-methyl/N-ethyl adjacent to an activating group) is 1. The lowest BCUT2D eigenvalue weighted by Gasteiger charge is -2.47. The molecule has 3 saturated heterocycles. The third-order valence-electron chi connectivity index (χ3n) is 11.5. The van der Waals surface area contributed by atoms with Crippen LogP contribution in [0.5, 0.6) is 0 Å². The number of fused-ring (bicyclic) bond motifs is 2. The van der Waals surface area contributed by atoms with Crippen LogP contribution in [-0.2, 0) is 38.1 Å². The number of para-hydroxylation sites is 1. The van der Waals surface area contributed by atoms with E-state index in [1.807, 2.05) is 68.4 Å². The summed E-state index contributed by atoms with van der Waals surface area (Å²) < 4.78 is 31.1. The minimum absolute atomic E-state index is 0.0657. The highest BCUT2D eigenvalue weighted by molar-refractivity contribution is 5.97. The van der Waals surface area contributed by atoms with Crippen molar-refractivity contribution >= 4 is 40.6 Å². The first-order chi connectivity index (χ1) is 25.5. The monoisotopic (exact) mass is 751 g/mol. The Bertz CT molecular complexity index is 1720. The summed E-state index contributed by atoms with van der Waals surface area (Å²) in [5.74, 6) is -3.85. The number of aromatic nitrogens is 1. The van der Waals surface area contributed by atoms with Crippen molar-refractivity contribution in [3.8, 4) is 0 Å². The number of aliphatic hydroxyl groups excluding tert-OH is 1. The van der Waals surface area contributed by atoms with Gasteiger partial charge >= 0.3 is 12.1 Å². The van der Waals surface area contributed by atoms with Crippen molar-refractivity contribution in [3.63, 3.8) is 0 Å². The van der Waals surface area contributed by atoms with Crippen molar-refractivity contribution in [2.75, 3.05) is 20.7 Å². The number of pyridine rings is 1. The van der Waals surface area contributed by atoms with Crippen molar-refractivity contribution in [2.24, 2.45) is 17.8 Å². The van der Waals surface area contributed by atoms with Crippen molar-refractivity contribution in [3.05, 3.63) is 48.2 Å². The first-order valence-corrected chi connectivity index (χ1v) is 19.0. The number of Topliss-reactive ketones (excluding diaryl/α,β-unsaturated/α-hetero) is 2. The molecule has 0 unspecified atom stereocenters. The molecular formula is C41H57N3O10. The van der Waals surface area contributed by atoms with Crippen LogP contribution in [0.2, 0.25) is 0 Å². The predicted octanol–water partition coefficient (Wildman–Crippen LogP) is 4.86. The Morgan fingerprint density at radius 1 is 1.07 bits per heavy atom. The fourth-order valence-corrected chi connectivity index (χ4v) is 8.50. The summed E-state index contributed by atoms with van der Waals surface area (Å²) in [5.41, 5.74) is -0.971. The molecule has 0 aliphatic carbocycles. The zero-order valence-electron chi connectivity index (χ0n) is 32.9. The van der Waals surface area contributed by atoms with Gasteiger partial charge in [0, 0.05) is 35.4 Å². The molecule has 1 aromatic carbocycles. The van der Waals surface area contributed by atoms with Gasteiger partial charge in [-0.2, -0.15) is 0 Å². The maximum Gasteiger partial charge on any atom is 0.408 e. The van der Waals surface area contributed by atoms with Crippen LogP contribution in [0.1, 0.15) is 79.7 Å². The smallest absolute Gasteiger partial charge is 0.408 e. The molecule has 1 amide bonds. The molecule has 5 rings (SSSR count). The summed E-state index contributed by atoms with van der Waals surface area (Å²) in [6.07, 6.45) is 0.601. The van der Waals surface area contributed by atoms with Crippen molar-refractivity contribution < 1.29 is 48.0 Å². The number of ether oxygens (including phenoxy) is 5. The average molecular weight is 752 g/mol. The fourth-order valence-electron chi connectivity index (χ4n) is 8.50. The molecule has 3 aliphatic rings. The van der Waals surface area contributed by atoms with Gasteiger partial charge in [0.2, 0.25) is 0 Å². The van der Waals surface area contributed by atoms with Gasteiger partial charge in [0.25, 0.3) is 0 Å². The van der Waals surface area contributed by atoms with E-state index in [1.54, 1.807) is 47.7 Å². The van der Waals surface area contributed by atoms with Gasteiger partial charge in [0.15, 0.2) is 11.9 Å². The van der Waals surface area contributed by atoms with E-state index in [0.29, 0.717) is 6.42 Å². The third kappa shape index (κ3) is 8.86. The molecule has 296 valence electrons. The number of hydrogen-bond donors (Lipinski definition) is 2. The Morgan fingerprint density at radius 2 is 1.80 bits per heavy atom. The maximum atomic E-state index is 14.4. The average Bonchev–Trinajstić information content (AvgIpc) is 3.44. The molecule has 2 N–H and O–H groups in total. The highest BCUT2D eigenvalue weighted by Crippen LogP contribution is 2.40. The number of ketones is 2. The molecule has 4 heterocycles. The first kappa shape index (κ1) is 41.4. The Morgan fingerprint density at radius 3 is 2.50 bits per heavy atom. The molecule has 13 nitrogen and oxygen atoms in total. The van der Waals surface area contributed by atoms with Gasteiger partial charge in [0.05, 0.1) is 36.0 Å². The molecule has 54 heavy (non-hydrogen) atoms. The minimum Gasteiger partial charge on any atom is -0.458 e. The lowest BCUT2D eigenvalue weighted by Crippen LogP contribution is -2.59. The van der Waals surface area contributed by atoms with Crippen LogP contribution in [0, 0.1) is 17.8 Å². The number of nitrogens with one attached hydrogen (secondary N) is 1. The first-order valence-electron chi connectivity index (χ1n) is 19.0. The summed E-state index contributed by atoms with van der Waals surface area (Å²) in [5, 5.41) is 15.3. The van der Waals surface area contributed by atoms with E-state index in [4.69, 9.17) is 23.7 Å². The van der Waals surface area contributed by atoms with Crippen LogP contribution in [0.25, 0.3) is 17.0 Å². The number of nitrogens with zero attached hydrogens (tertiary/aromatic N) is 2. The maximum absolute atomic E-state index is 14.4. The standard InChI is InChI=1S/C41H57N3O10/c1-10-32-41(7)36(43-39(49)54-41)26(5)34(47)23(2)21-40(6,50-17-13-14-27-19-28-15-11-12-16-29(28)42-22-27)37(25(4)31(45)20-33(46)52-32)53-38-35(48)30(44(8)9)18-24(3)51-38/h11-16,19,22-26,30,32,35-38,48H,10,17-18,20-21H2,1-9H3,(H,43,49)/b14-13+/t23-,24-,25+,26+,30+,32-,35-,36-,37-,38+,40+,41-/m1/s1. The minimum atomic E-state index is -1.36. The van der Waals surface area contributed by atoms with E-state index < -0.39 is 83.9 Å². The Balaban J connectivity index is 1.53. The van der Waals surface area contributed by atoms with Crippen LogP contribution < -0.4 is 5.32 Å². The second-order valence-corrected chi connectivity index (χ2v) is 15.9. The van der Waals surface area contributed by atoms with Crippen molar-refractivity contribution in [1.82, 2.24) is 15.2 Å². The van der Waals surface area contributed by atoms with Gasteiger partial charge in [-0.1, -0.05) is 58.0 Å². The number of amides is 1. The van der Waals surface area contributed by atoms with Gasteiger partial charge in [-0.05, 0) is 71.8 Å². The van der Waals surface area contributed by atoms with Crippen molar-refractivity contribution in [1.29, 1.82) is 0 Å². The Labute approximate surface area is 318 Å². The van der Waals surface area contributed by atoms with Crippen LogP contribution in [0.3, 0.4) is 0 Å². The van der Waals surface area contributed by atoms with E-state index in [2.05, 4.69) is 10.3 Å². The fraction of sp³-hybridized carbons (Fsp3) is 0.634. The normalized spacial score (nSPS) is 37.2. The van der Waals surface area contributed by atoms with E-state index in [0.717, 1.165) is 16.5 Å². The largest absolute Gasteiger partial charge is 0.458 e. The van der Waals surface area contributed by atoms with E-state index in [-0.39, 0.29) is 37.4 Å². The van der Waals surface area contributed by atoms with Crippen molar-refractivity contribution in [2.45, 2.75) is 128 Å². The van der Waals surface area contributed by atoms with Crippen LogP contribution >= 0.6 is 0 Å². The number of hydrogen-bond acceptors (Lipinski definition) is 12. The van der Waals surface area contributed by atoms with Gasteiger partial charge in [-0.25, -0.2) is 4.79 Å². The molecule has 0 saturated carbocycles. The zero-order valence-corrected chi connectivity index (χ0v) is 32.9. The number of benzene rings is 1. The molecule has 1 aromatic heterocycles. The quantitative estimate of drug-likeness (QED) is 0.279. The summed E-state index contributed by atoms with van der Waals surface area (Å²) in [6.45, 7) is 12.3. The predicted molar refractivity (Wildman–Crippen MR) is 201 cm³/mol. The van der Waals surface area contributed by atoms with Gasteiger partial charge in [-0.3, -0.25) is 19.4 Å². The number of alkyl carbamates (subject to hydrolysis) is 1. The number of carbonyl (C=O) groups excluding carboxylic acids is 4. The third-order valence-corrected chi connectivity index (χ3v) is 11.5. The van der Waals surface area contributed by atoms with E-state index >= 15 is 0 Å². The molecule has 3 fully saturated rings. The summed E-state index contributed by atoms with van der Waals surface area (Å²) >= 11 is 0. The second-order valence-electron chi connectivity index (χ2n) is 15.9. The lowest BCUT2D eigenvalue weighted by molar-refractivity contribution is -0.296. The molecule has 2 aromatic rings. The number of carbonyl (C=O) groups is 4. The van der Waals surface area contributed by atoms with Gasteiger partial charge < -0.3 is 39.0 Å². The van der Waals surface area contributed by atoms with Crippen LogP contribution in [0.15, 0.2) is 42.6 Å². The number of esters is 1. The second kappa shape index (κ2) is 16.9. The van der Waals surface area contributed by atoms with E-state index in [1.165, 1.54) is 0 Å². The van der Waals surface area contributed by atoms with Crippen LogP contribution in [-0.4, -0.2) is 113 Å².